The van der Waals surface area contributed by atoms with Gasteiger partial charge in [0.15, 0.2) is 11.5 Å². The first kappa shape index (κ1) is 10.6. The van der Waals surface area contributed by atoms with Gasteiger partial charge in [-0.3, -0.25) is 0 Å². The summed E-state index contributed by atoms with van der Waals surface area (Å²) in [7, 11) is 0. The Kier molecular flexibility index (Phi) is 2.82. The second kappa shape index (κ2) is 4.27. The zero-order valence-electron chi connectivity index (χ0n) is 9.14. The average molecular weight is 214 g/mol. The molecule has 82 valence electrons. The quantitative estimate of drug-likeness (QED) is 0.753. The maximum atomic E-state index is 9.82. The van der Waals surface area contributed by atoms with Crippen molar-refractivity contribution in [2.24, 2.45) is 0 Å². The van der Waals surface area contributed by atoms with E-state index in [0.29, 0.717) is 5.56 Å². The van der Waals surface area contributed by atoms with Crippen LogP contribution in [0.15, 0.2) is 42.5 Å². The highest BCUT2D eigenvalue weighted by Crippen LogP contribution is 2.37. The minimum absolute atomic E-state index is 0.0524. The largest absolute Gasteiger partial charge is 0.504 e. The number of rotatable bonds is 2. The number of hydrogen-bond donors (Lipinski definition) is 2. The van der Waals surface area contributed by atoms with Crippen LogP contribution >= 0.6 is 0 Å². The lowest BCUT2D eigenvalue weighted by Crippen LogP contribution is -1.85. The fourth-order valence-corrected chi connectivity index (χ4v) is 1.72. The van der Waals surface area contributed by atoms with Crippen molar-refractivity contribution in [2.45, 2.75) is 13.3 Å². The summed E-state index contributed by atoms with van der Waals surface area (Å²) in [6, 6.07) is 13.1. The molecule has 2 aromatic rings. The van der Waals surface area contributed by atoms with Gasteiger partial charge in [-0.15, -0.1) is 0 Å². The maximum absolute atomic E-state index is 9.82. The maximum Gasteiger partial charge on any atom is 0.165 e. The molecule has 2 rings (SSSR count). The molecule has 0 saturated heterocycles. The molecule has 2 aromatic carbocycles. The predicted octanol–water partition coefficient (Wildman–Crippen LogP) is 3.33. The highest BCUT2D eigenvalue weighted by atomic mass is 16.3. The monoisotopic (exact) mass is 214 g/mol. The van der Waals surface area contributed by atoms with Crippen LogP contribution in [0.1, 0.15) is 12.5 Å². The van der Waals surface area contributed by atoms with Crippen LogP contribution in [0.2, 0.25) is 0 Å². The second-order valence-electron chi connectivity index (χ2n) is 3.73. The van der Waals surface area contributed by atoms with Crippen molar-refractivity contribution in [3.8, 4) is 22.6 Å². The number of benzene rings is 2. The molecule has 0 bridgehead atoms. The first-order valence-electron chi connectivity index (χ1n) is 5.32. The molecule has 0 atom stereocenters. The van der Waals surface area contributed by atoms with Gasteiger partial charge in [0.1, 0.15) is 0 Å². The molecule has 0 heterocycles. The normalized spacial score (nSPS) is 10.3. The summed E-state index contributed by atoms with van der Waals surface area (Å²) in [6.07, 6.45) is 0.827. The molecular weight excluding hydrogens is 200 g/mol. The molecule has 0 saturated carbocycles. The Morgan fingerprint density at radius 2 is 1.69 bits per heavy atom. The Morgan fingerprint density at radius 3 is 2.31 bits per heavy atom. The number of phenols is 2. The van der Waals surface area contributed by atoms with E-state index in [1.54, 1.807) is 6.07 Å². The van der Waals surface area contributed by atoms with Gasteiger partial charge in [-0.25, -0.2) is 0 Å². The number of aryl methyl sites for hydroxylation is 1. The highest BCUT2D eigenvalue weighted by Gasteiger charge is 2.09. The smallest absolute Gasteiger partial charge is 0.165 e. The first-order chi connectivity index (χ1) is 7.72. The fraction of sp³-hybridized carbons (Fsp3) is 0.143. The van der Waals surface area contributed by atoms with E-state index in [9.17, 15) is 10.2 Å². The predicted molar refractivity (Wildman–Crippen MR) is 64.6 cm³/mol. The summed E-state index contributed by atoms with van der Waals surface area (Å²) in [4.78, 5) is 0. The third kappa shape index (κ3) is 1.87. The second-order valence-corrected chi connectivity index (χ2v) is 3.73. The van der Waals surface area contributed by atoms with Gasteiger partial charge in [-0.2, -0.15) is 0 Å². The van der Waals surface area contributed by atoms with Gasteiger partial charge in [-0.05, 0) is 29.7 Å². The van der Waals surface area contributed by atoms with Crippen LogP contribution in [-0.2, 0) is 6.42 Å². The molecule has 0 aliphatic rings. The van der Waals surface area contributed by atoms with Gasteiger partial charge >= 0.3 is 0 Å². The Bertz CT molecular complexity index is 490. The summed E-state index contributed by atoms with van der Waals surface area (Å²) in [5, 5.41) is 19.4. The van der Waals surface area contributed by atoms with Crippen LogP contribution in [0.25, 0.3) is 11.1 Å². The van der Waals surface area contributed by atoms with Crippen molar-refractivity contribution >= 4 is 0 Å². The van der Waals surface area contributed by atoms with E-state index in [0.717, 1.165) is 17.5 Å². The van der Waals surface area contributed by atoms with Gasteiger partial charge in [-0.1, -0.05) is 37.3 Å². The topological polar surface area (TPSA) is 40.5 Å². The number of hydrogen-bond acceptors (Lipinski definition) is 2. The van der Waals surface area contributed by atoms with Crippen LogP contribution in [0.4, 0.5) is 0 Å². The van der Waals surface area contributed by atoms with Gasteiger partial charge < -0.3 is 10.2 Å². The molecule has 2 nitrogen and oxygen atoms in total. The molecule has 0 radical (unpaired) electrons. The summed E-state index contributed by atoms with van der Waals surface area (Å²) < 4.78 is 0. The lowest BCUT2D eigenvalue weighted by Gasteiger charge is -2.09. The van der Waals surface area contributed by atoms with Crippen LogP contribution in [0, 0.1) is 0 Å². The van der Waals surface area contributed by atoms with Gasteiger partial charge in [0, 0.05) is 5.56 Å². The number of phenolic OH excluding ortho intramolecular Hbond substituents is 2. The highest BCUT2D eigenvalue weighted by molar-refractivity contribution is 5.74. The molecule has 0 amide bonds. The molecule has 2 heteroatoms. The molecule has 0 unspecified atom stereocenters. The van der Waals surface area contributed by atoms with Crippen molar-refractivity contribution in [3.63, 3.8) is 0 Å². The van der Waals surface area contributed by atoms with Crippen molar-refractivity contribution in [3.05, 3.63) is 48.0 Å². The molecule has 16 heavy (non-hydrogen) atoms. The van der Waals surface area contributed by atoms with E-state index in [2.05, 4.69) is 0 Å². The Labute approximate surface area is 94.8 Å². The zero-order chi connectivity index (χ0) is 11.5. The van der Waals surface area contributed by atoms with Crippen molar-refractivity contribution in [2.75, 3.05) is 0 Å². The number of aromatic hydroxyl groups is 2. The Balaban J connectivity index is 2.60. The molecule has 0 aliphatic heterocycles. The van der Waals surface area contributed by atoms with Crippen molar-refractivity contribution in [1.82, 2.24) is 0 Å². The molecule has 2 N–H and O–H groups in total. The summed E-state index contributed by atoms with van der Waals surface area (Å²) in [6.45, 7) is 2.01. The lowest BCUT2D eigenvalue weighted by molar-refractivity contribution is 0.404. The van der Waals surface area contributed by atoms with E-state index in [4.69, 9.17) is 0 Å². The summed E-state index contributed by atoms with van der Waals surface area (Å²) in [5.74, 6) is -0.110. The standard InChI is InChI=1S/C14H14O2/c1-2-10-8-12(14(16)13(15)9-10)11-6-4-3-5-7-11/h3-9,15-16H,2H2,1H3. The molecular formula is C14H14O2. The van der Waals surface area contributed by atoms with Crippen LogP contribution in [-0.4, -0.2) is 10.2 Å². The Morgan fingerprint density at radius 1 is 1.00 bits per heavy atom. The fourth-order valence-electron chi connectivity index (χ4n) is 1.72. The lowest BCUT2D eigenvalue weighted by atomic mass is 10.0. The first-order valence-corrected chi connectivity index (χ1v) is 5.32. The minimum Gasteiger partial charge on any atom is -0.504 e. The molecule has 0 spiro atoms. The third-order valence-corrected chi connectivity index (χ3v) is 2.64. The van der Waals surface area contributed by atoms with Crippen LogP contribution in [0.5, 0.6) is 11.5 Å². The minimum atomic E-state index is -0.0572. The van der Waals surface area contributed by atoms with Gasteiger partial charge in [0.2, 0.25) is 0 Å². The molecule has 0 aromatic heterocycles. The summed E-state index contributed by atoms with van der Waals surface area (Å²) in [5.41, 5.74) is 2.59. The average Bonchev–Trinajstić information content (AvgIpc) is 2.33. The van der Waals surface area contributed by atoms with Gasteiger partial charge in [0.25, 0.3) is 0 Å². The summed E-state index contributed by atoms with van der Waals surface area (Å²) >= 11 is 0. The van der Waals surface area contributed by atoms with E-state index in [1.165, 1.54) is 0 Å². The SMILES string of the molecule is CCc1cc(O)c(O)c(-c2ccccc2)c1. The van der Waals surface area contributed by atoms with E-state index < -0.39 is 0 Å². The van der Waals surface area contributed by atoms with E-state index in [1.807, 2.05) is 43.3 Å². The molecule has 0 aliphatic carbocycles. The van der Waals surface area contributed by atoms with Crippen molar-refractivity contribution < 1.29 is 10.2 Å². The Hall–Kier alpha value is -1.96. The van der Waals surface area contributed by atoms with E-state index >= 15 is 0 Å². The van der Waals surface area contributed by atoms with E-state index in [-0.39, 0.29) is 11.5 Å². The van der Waals surface area contributed by atoms with Gasteiger partial charge in [0.05, 0.1) is 0 Å². The zero-order valence-corrected chi connectivity index (χ0v) is 9.14. The van der Waals surface area contributed by atoms with Crippen molar-refractivity contribution in [1.29, 1.82) is 0 Å². The molecule has 0 fully saturated rings. The van der Waals surface area contributed by atoms with Crippen LogP contribution < -0.4 is 0 Å². The van der Waals surface area contributed by atoms with Crippen LogP contribution in [0.3, 0.4) is 0 Å². The third-order valence-electron chi connectivity index (χ3n) is 2.64.